The SMILES string of the molecule is COc1ccc([C@@H]2c3[nH]c4ccccc4c3C[C@H]3C(=O)N(c4ccccc4C(=O)NCCN4CCOCC4)C(=O)N23)cc1. The van der Waals surface area contributed by atoms with Crippen LogP contribution >= 0.6 is 0 Å². The standard InChI is InChI=1S/C33H33N5O5/c1-42-22-12-10-21(11-13-22)30-29-25(23-6-2-4-8-26(23)35-29)20-28-32(40)38(33(41)37(28)30)27-9-5-3-7-24(27)31(39)34-14-15-36-16-18-43-19-17-36/h2-13,28,30,35H,14-20H2,1H3,(H,34,39)/t28-,30+/m0/s1. The first-order valence-electron chi connectivity index (χ1n) is 14.6. The molecule has 10 nitrogen and oxygen atoms in total. The second kappa shape index (κ2) is 11.2. The third-order valence-corrected chi connectivity index (χ3v) is 8.69. The van der Waals surface area contributed by atoms with E-state index < -0.39 is 18.1 Å². The fourth-order valence-corrected chi connectivity index (χ4v) is 6.54. The van der Waals surface area contributed by atoms with Gasteiger partial charge in [0.1, 0.15) is 17.8 Å². The number of hydrogen-bond donors (Lipinski definition) is 2. The van der Waals surface area contributed by atoms with E-state index in [2.05, 4.69) is 15.2 Å². The number of amides is 4. The number of ether oxygens (including phenoxy) is 2. The number of nitrogens with one attached hydrogen (secondary N) is 2. The number of carbonyl (C=O) groups is 3. The molecule has 2 atom stereocenters. The van der Waals surface area contributed by atoms with Gasteiger partial charge in [0.25, 0.3) is 11.8 Å². The molecule has 10 heteroatoms. The molecule has 3 aliphatic heterocycles. The summed E-state index contributed by atoms with van der Waals surface area (Å²) in [7, 11) is 1.61. The number of urea groups is 1. The van der Waals surface area contributed by atoms with Crippen LogP contribution in [0, 0.1) is 0 Å². The van der Waals surface area contributed by atoms with Gasteiger partial charge in [0.05, 0.1) is 31.6 Å². The number of para-hydroxylation sites is 2. The van der Waals surface area contributed by atoms with E-state index in [0.29, 0.717) is 38.5 Å². The summed E-state index contributed by atoms with van der Waals surface area (Å²) in [6.07, 6.45) is 0.376. The highest BCUT2D eigenvalue weighted by Crippen LogP contribution is 2.45. The minimum Gasteiger partial charge on any atom is -0.497 e. The molecule has 3 aliphatic rings. The predicted octanol–water partition coefficient (Wildman–Crippen LogP) is 3.72. The highest BCUT2D eigenvalue weighted by atomic mass is 16.5. The van der Waals surface area contributed by atoms with Crippen LogP contribution in [0.2, 0.25) is 0 Å². The summed E-state index contributed by atoms with van der Waals surface area (Å²) in [4.78, 5) is 50.5. The maximum absolute atomic E-state index is 14.3. The van der Waals surface area contributed by atoms with Gasteiger partial charge < -0.3 is 19.8 Å². The average Bonchev–Trinajstić information content (AvgIpc) is 3.54. The van der Waals surface area contributed by atoms with E-state index >= 15 is 0 Å². The molecule has 1 aromatic heterocycles. The van der Waals surface area contributed by atoms with E-state index in [1.54, 1.807) is 36.3 Å². The summed E-state index contributed by atoms with van der Waals surface area (Å²) in [5.74, 6) is 0.0391. The van der Waals surface area contributed by atoms with E-state index in [1.165, 1.54) is 4.90 Å². The minimum atomic E-state index is -0.719. The summed E-state index contributed by atoms with van der Waals surface area (Å²) in [5.41, 5.74) is 4.31. The van der Waals surface area contributed by atoms with Gasteiger partial charge in [-0.05, 0) is 41.5 Å². The zero-order valence-corrected chi connectivity index (χ0v) is 23.9. The number of nitrogens with zero attached hydrogens (tertiary/aromatic N) is 3. The molecule has 4 heterocycles. The third kappa shape index (κ3) is 4.72. The molecular weight excluding hydrogens is 546 g/mol. The number of morpholine rings is 1. The fourth-order valence-electron chi connectivity index (χ4n) is 6.54. The molecule has 0 unspecified atom stereocenters. The van der Waals surface area contributed by atoms with Crippen LogP contribution in [0.5, 0.6) is 5.75 Å². The monoisotopic (exact) mass is 579 g/mol. The van der Waals surface area contributed by atoms with Crippen LogP contribution < -0.4 is 15.0 Å². The maximum atomic E-state index is 14.3. The fraction of sp³-hybridized carbons (Fsp3) is 0.303. The van der Waals surface area contributed by atoms with Crippen molar-refractivity contribution in [2.45, 2.75) is 18.5 Å². The maximum Gasteiger partial charge on any atom is 0.332 e. The Kier molecular flexibility index (Phi) is 7.08. The molecule has 0 aliphatic carbocycles. The van der Waals surface area contributed by atoms with Gasteiger partial charge in [0.2, 0.25) is 0 Å². The molecule has 0 saturated carbocycles. The first kappa shape index (κ1) is 27.2. The molecule has 43 heavy (non-hydrogen) atoms. The van der Waals surface area contributed by atoms with Gasteiger partial charge in [-0.2, -0.15) is 0 Å². The average molecular weight is 580 g/mol. The number of anilines is 1. The Balaban J connectivity index is 1.23. The number of aromatic nitrogens is 1. The molecule has 0 spiro atoms. The van der Waals surface area contributed by atoms with Gasteiger partial charge in [0, 0.05) is 49.2 Å². The molecule has 3 aromatic carbocycles. The van der Waals surface area contributed by atoms with E-state index in [1.807, 2.05) is 48.5 Å². The van der Waals surface area contributed by atoms with Crippen LogP contribution in [-0.4, -0.2) is 85.2 Å². The van der Waals surface area contributed by atoms with Crippen LogP contribution in [0.15, 0.2) is 72.8 Å². The van der Waals surface area contributed by atoms with E-state index in [4.69, 9.17) is 9.47 Å². The van der Waals surface area contributed by atoms with Gasteiger partial charge >= 0.3 is 6.03 Å². The van der Waals surface area contributed by atoms with Crippen molar-refractivity contribution in [1.29, 1.82) is 0 Å². The number of carbonyl (C=O) groups excluding carboxylic acids is 3. The smallest absolute Gasteiger partial charge is 0.332 e. The van der Waals surface area contributed by atoms with Crippen molar-refractivity contribution in [3.63, 3.8) is 0 Å². The predicted molar refractivity (Wildman–Crippen MR) is 161 cm³/mol. The molecule has 4 aromatic rings. The largest absolute Gasteiger partial charge is 0.497 e. The number of hydrogen-bond acceptors (Lipinski definition) is 6. The van der Waals surface area contributed by atoms with Gasteiger partial charge in [-0.3, -0.25) is 19.4 Å². The number of aromatic amines is 1. The van der Waals surface area contributed by atoms with Gasteiger partial charge in [0.15, 0.2) is 0 Å². The summed E-state index contributed by atoms with van der Waals surface area (Å²) in [6.45, 7) is 4.17. The second-order valence-corrected chi connectivity index (χ2v) is 11.0. The second-order valence-electron chi connectivity index (χ2n) is 11.0. The number of rotatable bonds is 7. The highest BCUT2D eigenvalue weighted by molar-refractivity contribution is 6.24. The molecule has 4 amide bonds. The Morgan fingerprint density at radius 2 is 1.74 bits per heavy atom. The normalized spacial score (nSPS) is 20.3. The molecule has 2 saturated heterocycles. The molecule has 0 bridgehead atoms. The topological polar surface area (TPSA) is 107 Å². The summed E-state index contributed by atoms with van der Waals surface area (Å²) >= 11 is 0. The number of methoxy groups -OCH3 is 1. The number of imide groups is 1. The first-order chi connectivity index (χ1) is 21.0. The van der Waals surface area contributed by atoms with Crippen molar-refractivity contribution in [1.82, 2.24) is 20.1 Å². The zero-order valence-electron chi connectivity index (χ0n) is 23.9. The molecular formula is C33H33N5O5. The number of fused-ring (bicyclic) bond motifs is 4. The van der Waals surface area contributed by atoms with Crippen molar-refractivity contribution in [3.8, 4) is 5.75 Å². The lowest BCUT2D eigenvalue weighted by atomic mass is 9.89. The molecule has 2 N–H and O–H groups in total. The number of H-pyrrole nitrogens is 1. The van der Waals surface area contributed by atoms with Crippen LogP contribution in [-0.2, 0) is 16.0 Å². The van der Waals surface area contributed by atoms with E-state index in [-0.39, 0.29) is 23.1 Å². The van der Waals surface area contributed by atoms with E-state index in [0.717, 1.165) is 40.8 Å². The minimum absolute atomic E-state index is 0.288. The van der Waals surface area contributed by atoms with E-state index in [9.17, 15) is 14.4 Å². The van der Waals surface area contributed by atoms with Gasteiger partial charge in [-0.1, -0.05) is 42.5 Å². The molecule has 2 fully saturated rings. The van der Waals surface area contributed by atoms with Crippen molar-refractivity contribution < 1.29 is 23.9 Å². The zero-order chi connectivity index (χ0) is 29.5. The highest BCUT2D eigenvalue weighted by Gasteiger charge is 2.53. The van der Waals surface area contributed by atoms with Crippen molar-refractivity contribution in [3.05, 3.63) is 95.2 Å². The Morgan fingerprint density at radius 1 is 1.00 bits per heavy atom. The Hall–Kier alpha value is -4.67. The third-order valence-electron chi connectivity index (χ3n) is 8.69. The van der Waals surface area contributed by atoms with Crippen molar-refractivity contribution in [2.24, 2.45) is 0 Å². The lowest BCUT2D eigenvalue weighted by Crippen LogP contribution is -2.44. The van der Waals surface area contributed by atoms with Gasteiger partial charge in [-0.15, -0.1) is 0 Å². The van der Waals surface area contributed by atoms with Crippen LogP contribution in [0.1, 0.15) is 33.2 Å². The molecule has 0 radical (unpaired) electrons. The molecule has 220 valence electrons. The van der Waals surface area contributed by atoms with Crippen molar-refractivity contribution in [2.75, 3.05) is 51.4 Å². The van der Waals surface area contributed by atoms with Crippen molar-refractivity contribution >= 4 is 34.4 Å². The Morgan fingerprint density at radius 3 is 2.53 bits per heavy atom. The van der Waals surface area contributed by atoms with Crippen LogP contribution in [0.4, 0.5) is 10.5 Å². The first-order valence-corrected chi connectivity index (χ1v) is 14.6. The lowest BCUT2D eigenvalue weighted by molar-refractivity contribution is -0.120. The van der Waals surface area contributed by atoms with Crippen LogP contribution in [0.25, 0.3) is 10.9 Å². The summed E-state index contributed by atoms with van der Waals surface area (Å²) in [6, 6.07) is 20.7. The lowest BCUT2D eigenvalue weighted by Gasteiger charge is -2.36. The van der Waals surface area contributed by atoms with Crippen LogP contribution in [0.3, 0.4) is 0 Å². The summed E-state index contributed by atoms with van der Waals surface area (Å²) < 4.78 is 10.8. The quantitative estimate of drug-likeness (QED) is 0.323. The molecule has 7 rings (SSSR count). The summed E-state index contributed by atoms with van der Waals surface area (Å²) in [5, 5.41) is 4.01. The Labute approximate surface area is 249 Å². The van der Waals surface area contributed by atoms with Gasteiger partial charge in [-0.25, -0.2) is 9.69 Å². The Bertz CT molecular complexity index is 1690. The number of benzene rings is 3.